The lowest BCUT2D eigenvalue weighted by molar-refractivity contribution is 0.320. The van der Waals surface area contributed by atoms with Crippen LogP contribution in [0.1, 0.15) is 11.1 Å². The summed E-state index contributed by atoms with van der Waals surface area (Å²) in [5.74, 6) is 1.14. The van der Waals surface area contributed by atoms with Crippen LogP contribution in [0.25, 0.3) is 0 Å². The number of nitrogens with zero attached hydrogens (tertiary/aromatic N) is 3. The first-order valence-electron chi connectivity index (χ1n) is 6.34. The van der Waals surface area contributed by atoms with Crippen LogP contribution in [-0.2, 0) is 13.0 Å². The average molecular weight is 287 g/mol. The molecule has 1 unspecified atom stereocenters. The Morgan fingerprint density at radius 1 is 1.26 bits per heavy atom. The van der Waals surface area contributed by atoms with E-state index in [2.05, 4.69) is 39.1 Å². The van der Waals surface area contributed by atoms with Crippen LogP contribution >= 0.6 is 23.1 Å². The van der Waals surface area contributed by atoms with E-state index in [4.69, 9.17) is 0 Å². The summed E-state index contributed by atoms with van der Waals surface area (Å²) in [4.78, 5) is 11.4. The Balaban J connectivity index is 1.66. The van der Waals surface area contributed by atoms with Gasteiger partial charge >= 0.3 is 0 Å². The highest BCUT2D eigenvalue weighted by Gasteiger charge is 2.34. The molecule has 5 heteroatoms. The highest BCUT2D eigenvalue weighted by atomic mass is 32.2. The fourth-order valence-corrected chi connectivity index (χ4v) is 4.40. The maximum atomic E-state index is 4.69. The van der Waals surface area contributed by atoms with Crippen LogP contribution in [0.5, 0.6) is 0 Å². The van der Waals surface area contributed by atoms with Crippen molar-refractivity contribution in [2.45, 2.75) is 19.0 Å². The standard InChI is InChI=1S/C14H13N3S2/c1-2-4-11-8-17-12(7-10(11)3-1)9-19-14(17)16-13-15-5-6-18-13/h1-6,12H,7-9H2. The Bertz CT molecular complexity index is 621. The Morgan fingerprint density at radius 2 is 2.16 bits per heavy atom. The van der Waals surface area contributed by atoms with Crippen LogP contribution in [-0.4, -0.2) is 26.8 Å². The third kappa shape index (κ3) is 2.07. The number of rotatable bonds is 1. The van der Waals surface area contributed by atoms with Crippen molar-refractivity contribution in [2.75, 3.05) is 5.75 Å². The number of fused-ring (bicyclic) bond motifs is 2. The highest BCUT2D eigenvalue weighted by molar-refractivity contribution is 8.14. The lowest BCUT2D eigenvalue weighted by Gasteiger charge is -2.32. The molecule has 2 aliphatic rings. The predicted molar refractivity (Wildman–Crippen MR) is 81.1 cm³/mol. The van der Waals surface area contributed by atoms with Crippen LogP contribution in [0.2, 0.25) is 0 Å². The zero-order chi connectivity index (χ0) is 12.7. The minimum absolute atomic E-state index is 0.596. The van der Waals surface area contributed by atoms with E-state index >= 15 is 0 Å². The van der Waals surface area contributed by atoms with Gasteiger partial charge in [0.05, 0.1) is 0 Å². The minimum Gasteiger partial charge on any atom is -0.343 e. The molecule has 2 aliphatic heterocycles. The molecule has 1 atom stereocenters. The lowest BCUT2D eigenvalue weighted by atomic mass is 9.95. The minimum atomic E-state index is 0.596. The highest BCUT2D eigenvalue weighted by Crippen LogP contribution is 2.34. The quantitative estimate of drug-likeness (QED) is 0.805. The van der Waals surface area contributed by atoms with Crippen molar-refractivity contribution >= 4 is 33.4 Å². The molecule has 19 heavy (non-hydrogen) atoms. The summed E-state index contributed by atoms with van der Waals surface area (Å²) >= 11 is 3.46. The van der Waals surface area contributed by atoms with E-state index in [0.717, 1.165) is 29.0 Å². The van der Waals surface area contributed by atoms with Crippen molar-refractivity contribution in [1.82, 2.24) is 9.88 Å². The molecular formula is C14H13N3S2. The van der Waals surface area contributed by atoms with Gasteiger partial charge in [0.25, 0.3) is 0 Å². The van der Waals surface area contributed by atoms with Crippen LogP contribution < -0.4 is 0 Å². The Labute approximate surface area is 120 Å². The monoisotopic (exact) mass is 287 g/mol. The summed E-state index contributed by atoms with van der Waals surface area (Å²) in [5.41, 5.74) is 2.94. The second-order valence-corrected chi connectivity index (χ2v) is 6.63. The van der Waals surface area contributed by atoms with E-state index in [1.807, 2.05) is 23.3 Å². The topological polar surface area (TPSA) is 28.5 Å². The van der Waals surface area contributed by atoms with Crippen LogP contribution in [0.4, 0.5) is 5.13 Å². The Kier molecular flexibility index (Phi) is 2.81. The SMILES string of the molecule is c1ccc2c(c1)CC1CSC(=Nc3nccs3)N1C2. The molecule has 1 fully saturated rings. The van der Waals surface area contributed by atoms with E-state index in [0.29, 0.717) is 6.04 Å². The van der Waals surface area contributed by atoms with Crippen molar-refractivity contribution < 1.29 is 0 Å². The van der Waals surface area contributed by atoms with Crippen molar-refractivity contribution in [2.24, 2.45) is 4.99 Å². The maximum Gasteiger partial charge on any atom is 0.211 e. The van der Waals surface area contributed by atoms with E-state index in [-0.39, 0.29) is 0 Å². The van der Waals surface area contributed by atoms with E-state index < -0.39 is 0 Å². The van der Waals surface area contributed by atoms with Gasteiger partial charge in [0.1, 0.15) is 0 Å². The smallest absolute Gasteiger partial charge is 0.211 e. The van der Waals surface area contributed by atoms with Gasteiger partial charge in [0.15, 0.2) is 5.17 Å². The molecule has 3 nitrogen and oxygen atoms in total. The normalized spacial score (nSPS) is 23.5. The molecule has 1 aromatic heterocycles. The van der Waals surface area contributed by atoms with Gasteiger partial charge in [-0.2, -0.15) is 4.99 Å². The summed E-state index contributed by atoms with van der Waals surface area (Å²) in [6, 6.07) is 9.35. The predicted octanol–water partition coefficient (Wildman–Crippen LogP) is 3.30. The average Bonchev–Trinajstić information content (AvgIpc) is 3.08. The summed E-state index contributed by atoms with van der Waals surface area (Å²) in [6.07, 6.45) is 2.95. The fraction of sp³-hybridized carbons (Fsp3) is 0.286. The molecule has 4 rings (SSSR count). The molecular weight excluding hydrogens is 274 g/mol. The number of amidine groups is 1. The Hall–Kier alpha value is -1.33. The summed E-state index contributed by atoms with van der Waals surface area (Å²) < 4.78 is 0. The number of aliphatic imine (C=N–C) groups is 1. The van der Waals surface area contributed by atoms with Gasteiger partial charge in [-0.05, 0) is 17.5 Å². The van der Waals surface area contributed by atoms with Gasteiger partial charge in [-0.3, -0.25) is 0 Å². The molecule has 1 saturated heterocycles. The number of hydrogen-bond donors (Lipinski definition) is 0. The van der Waals surface area contributed by atoms with Crippen LogP contribution in [0.15, 0.2) is 40.8 Å². The van der Waals surface area contributed by atoms with Crippen LogP contribution in [0, 0.1) is 0 Å². The van der Waals surface area contributed by atoms with Crippen molar-refractivity contribution in [3.05, 3.63) is 47.0 Å². The summed E-state index contributed by atoms with van der Waals surface area (Å²) in [5, 5.41) is 3.97. The van der Waals surface area contributed by atoms with Gasteiger partial charge in [0, 0.05) is 29.9 Å². The zero-order valence-electron chi connectivity index (χ0n) is 10.3. The fourth-order valence-electron chi connectivity index (χ4n) is 2.66. The number of aromatic nitrogens is 1. The number of hydrogen-bond acceptors (Lipinski definition) is 4. The zero-order valence-corrected chi connectivity index (χ0v) is 12.0. The number of thioether (sulfide) groups is 1. The van der Waals surface area contributed by atoms with E-state index in [1.54, 1.807) is 11.3 Å². The van der Waals surface area contributed by atoms with Gasteiger partial charge in [0.2, 0.25) is 5.13 Å². The van der Waals surface area contributed by atoms with Gasteiger partial charge in [-0.1, -0.05) is 36.0 Å². The van der Waals surface area contributed by atoms with E-state index in [9.17, 15) is 0 Å². The molecule has 2 aromatic rings. The molecule has 0 saturated carbocycles. The molecule has 0 N–H and O–H groups in total. The third-order valence-corrected chi connectivity index (χ3v) is 5.42. The van der Waals surface area contributed by atoms with Crippen molar-refractivity contribution in [3.8, 4) is 0 Å². The van der Waals surface area contributed by atoms with E-state index in [1.165, 1.54) is 11.1 Å². The molecule has 0 radical (unpaired) electrons. The molecule has 0 bridgehead atoms. The second kappa shape index (κ2) is 4.65. The molecule has 0 aliphatic carbocycles. The molecule has 0 spiro atoms. The largest absolute Gasteiger partial charge is 0.343 e. The first-order valence-corrected chi connectivity index (χ1v) is 8.21. The second-order valence-electron chi connectivity index (χ2n) is 4.77. The third-order valence-electron chi connectivity index (χ3n) is 3.62. The number of benzene rings is 1. The van der Waals surface area contributed by atoms with Crippen molar-refractivity contribution in [1.29, 1.82) is 0 Å². The molecule has 0 amide bonds. The summed E-state index contributed by atoms with van der Waals surface area (Å²) in [6.45, 7) is 0.984. The van der Waals surface area contributed by atoms with Gasteiger partial charge in [-0.15, -0.1) is 11.3 Å². The first-order chi connectivity index (χ1) is 9.40. The molecule has 1 aromatic carbocycles. The Morgan fingerprint density at radius 3 is 3.00 bits per heavy atom. The first kappa shape index (κ1) is 11.5. The van der Waals surface area contributed by atoms with Crippen LogP contribution in [0.3, 0.4) is 0 Å². The molecule has 96 valence electrons. The maximum absolute atomic E-state index is 4.69. The van der Waals surface area contributed by atoms with Crippen molar-refractivity contribution in [3.63, 3.8) is 0 Å². The summed E-state index contributed by atoms with van der Waals surface area (Å²) in [7, 11) is 0. The number of thiazole rings is 1. The van der Waals surface area contributed by atoms with Gasteiger partial charge < -0.3 is 4.90 Å². The molecule has 3 heterocycles. The van der Waals surface area contributed by atoms with Gasteiger partial charge in [-0.25, -0.2) is 4.98 Å². The lowest BCUT2D eigenvalue weighted by Crippen LogP contribution is -2.38.